The van der Waals surface area contributed by atoms with Crippen molar-refractivity contribution in [1.29, 1.82) is 0 Å². The zero-order valence-corrected chi connectivity index (χ0v) is 14.5. The van der Waals surface area contributed by atoms with E-state index in [1.54, 1.807) is 9.36 Å². The molecule has 2 saturated heterocycles. The van der Waals surface area contributed by atoms with E-state index in [9.17, 15) is 4.79 Å². The summed E-state index contributed by atoms with van der Waals surface area (Å²) < 4.78 is 14.7. The van der Waals surface area contributed by atoms with Crippen LogP contribution in [0.2, 0.25) is 0 Å². The van der Waals surface area contributed by atoms with Gasteiger partial charge in [-0.25, -0.2) is 4.68 Å². The van der Waals surface area contributed by atoms with Crippen LogP contribution in [0.4, 0.5) is 0 Å². The van der Waals surface area contributed by atoms with Crippen molar-refractivity contribution in [3.8, 4) is 5.69 Å². The number of hydrogen-bond acceptors (Lipinski definition) is 6. The van der Waals surface area contributed by atoms with E-state index in [0.717, 1.165) is 16.8 Å². The first-order valence-electron chi connectivity index (χ1n) is 7.88. The Morgan fingerprint density at radius 1 is 1.21 bits per heavy atom. The number of carbonyl (C=O) groups is 1. The number of Topliss-reactive ketones (excluding diaryl/α,β-unsaturated/α-hetero) is 1. The van der Waals surface area contributed by atoms with Crippen LogP contribution in [-0.4, -0.2) is 44.6 Å². The molecule has 8 heteroatoms. The van der Waals surface area contributed by atoms with Gasteiger partial charge in [0, 0.05) is 6.42 Å². The number of hydrogen-bond donors (Lipinski definition) is 0. The Labute approximate surface area is 144 Å². The minimum Gasteiger partial charge on any atom is -0.343 e. The van der Waals surface area contributed by atoms with Gasteiger partial charge in [0.15, 0.2) is 5.78 Å². The van der Waals surface area contributed by atoms with Crippen LogP contribution >= 0.6 is 12.2 Å². The normalized spacial score (nSPS) is 26.1. The first kappa shape index (κ1) is 15.6. The Morgan fingerprint density at radius 3 is 2.62 bits per heavy atom. The number of tetrazole rings is 1. The predicted molar refractivity (Wildman–Crippen MR) is 87.7 cm³/mol. The second-order valence-electron chi connectivity index (χ2n) is 6.44. The number of benzene rings is 1. The third-order valence-electron chi connectivity index (χ3n) is 4.58. The van der Waals surface area contributed by atoms with Crippen molar-refractivity contribution in [2.45, 2.75) is 45.6 Å². The maximum atomic E-state index is 12.0. The van der Waals surface area contributed by atoms with E-state index >= 15 is 0 Å². The molecule has 1 aromatic heterocycles. The zero-order valence-electron chi connectivity index (χ0n) is 13.7. The van der Waals surface area contributed by atoms with Gasteiger partial charge in [-0.05, 0) is 54.5 Å². The summed E-state index contributed by atoms with van der Waals surface area (Å²) in [6, 6.07) is 3.90. The summed E-state index contributed by atoms with van der Waals surface area (Å²) >= 11 is 5.59. The van der Waals surface area contributed by atoms with Crippen LogP contribution < -0.4 is 0 Å². The largest absolute Gasteiger partial charge is 0.343 e. The summed E-state index contributed by atoms with van der Waals surface area (Å²) in [4.78, 5) is 12.0. The molecule has 0 amide bonds. The summed E-state index contributed by atoms with van der Waals surface area (Å²) in [5, 5.41) is 8.45. The van der Waals surface area contributed by atoms with Gasteiger partial charge in [0.1, 0.15) is 6.10 Å². The molecule has 0 unspecified atom stereocenters. The Kier molecular flexibility index (Phi) is 3.63. The minimum absolute atomic E-state index is 0.0760. The zero-order chi connectivity index (χ0) is 17.0. The monoisotopic (exact) mass is 346 g/mol. The van der Waals surface area contributed by atoms with Crippen molar-refractivity contribution in [3.05, 3.63) is 33.6 Å². The Bertz CT molecular complexity index is 865. The molecule has 0 spiro atoms. The van der Waals surface area contributed by atoms with Crippen LogP contribution in [0, 0.1) is 25.5 Å². The number of ketones is 1. The van der Waals surface area contributed by atoms with Gasteiger partial charge in [0.2, 0.25) is 11.1 Å². The van der Waals surface area contributed by atoms with E-state index in [4.69, 9.17) is 21.7 Å². The molecule has 3 heterocycles. The van der Waals surface area contributed by atoms with Crippen LogP contribution in [0.5, 0.6) is 0 Å². The van der Waals surface area contributed by atoms with Gasteiger partial charge in [0.25, 0.3) is 0 Å². The van der Waals surface area contributed by atoms with Gasteiger partial charge in [-0.3, -0.25) is 4.79 Å². The summed E-state index contributed by atoms with van der Waals surface area (Å²) in [5.41, 5.74) is 4.28. The second-order valence-corrected chi connectivity index (χ2v) is 6.81. The summed E-state index contributed by atoms with van der Waals surface area (Å²) in [7, 11) is 0. The number of fused-ring (bicyclic) bond motifs is 2. The molecular formula is C16H18N4O3S. The highest BCUT2D eigenvalue weighted by Crippen LogP contribution is 2.33. The van der Waals surface area contributed by atoms with Crippen molar-refractivity contribution < 1.29 is 14.3 Å². The van der Waals surface area contributed by atoms with E-state index in [1.807, 2.05) is 13.8 Å². The molecule has 126 valence electrons. The highest BCUT2D eigenvalue weighted by molar-refractivity contribution is 7.71. The minimum atomic E-state index is -0.725. The van der Waals surface area contributed by atoms with E-state index < -0.39 is 6.29 Å². The molecule has 2 bridgehead atoms. The average Bonchev–Trinajstić information content (AvgIpc) is 3.09. The van der Waals surface area contributed by atoms with Crippen LogP contribution in [0.1, 0.15) is 29.2 Å². The quantitative estimate of drug-likeness (QED) is 0.775. The highest BCUT2D eigenvalue weighted by atomic mass is 32.1. The number of rotatable bonds is 2. The first-order valence-corrected chi connectivity index (χ1v) is 8.29. The van der Waals surface area contributed by atoms with E-state index in [2.05, 4.69) is 29.5 Å². The number of aromatic nitrogens is 4. The van der Waals surface area contributed by atoms with Crippen LogP contribution in [0.3, 0.4) is 0 Å². The lowest BCUT2D eigenvalue weighted by molar-refractivity contribution is -0.156. The lowest BCUT2D eigenvalue weighted by atomic mass is 10.0. The molecule has 1 aromatic carbocycles. The van der Waals surface area contributed by atoms with E-state index in [-0.39, 0.29) is 17.9 Å². The fraction of sp³-hybridized carbons (Fsp3) is 0.500. The fourth-order valence-electron chi connectivity index (χ4n) is 3.58. The first-order chi connectivity index (χ1) is 11.5. The lowest BCUT2D eigenvalue weighted by Gasteiger charge is -2.25. The molecule has 2 aliphatic heterocycles. The number of carbonyl (C=O) groups excluding carboxylic acids is 1. The van der Waals surface area contributed by atoms with E-state index in [1.165, 1.54) is 5.56 Å². The molecule has 4 rings (SSSR count). The molecule has 2 fully saturated rings. The number of nitrogens with zero attached hydrogens (tertiary/aromatic N) is 4. The Balaban J connectivity index is 1.77. The topological polar surface area (TPSA) is 71.2 Å². The fourth-order valence-corrected chi connectivity index (χ4v) is 3.88. The second kappa shape index (κ2) is 5.58. The molecule has 0 saturated carbocycles. The Morgan fingerprint density at radius 2 is 1.92 bits per heavy atom. The molecule has 0 radical (unpaired) electrons. The lowest BCUT2D eigenvalue weighted by Crippen LogP contribution is -2.37. The van der Waals surface area contributed by atoms with Gasteiger partial charge in [0.05, 0.1) is 18.3 Å². The van der Waals surface area contributed by atoms with Crippen molar-refractivity contribution in [2.75, 3.05) is 6.61 Å². The maximum absolute atomic E-state index is 12.0. The van der Waals surface area contributed by atoms with Crippen LogP contribution in [0.15, 0.2) is 12.1 Å². The molecule has 2 aliphatic rings. The van der Waals surface area contributed by atoms with Crippen molar-refractivity contribution in [3.63, 3.8) is 0 Å². The third-order valence-corrected chi connectivity index (χ3v) is 4.94. The predicted octanol–water partition coefficient (Wildman–Crippen LogP) is 1.98. The van der Waals surface area contributed by atoms with Gasteiger partial charge >= 0.3 is 0 Å². The van der Waals surface area contributed by atoms with Crippen LogP contribution in [-0.2, 0) is 14.3 Å². The van der Waals surface area contributed by atoms with Gasteiger partial charge < -0.3 is 9.47 Å². The van der Waals surface area contributed by atoms with Gasteiger partial charge in [-0.2, -0.15) is 4.68 Å². The summed E-state index contributed by atoms with van der Waals surface area (Å²) in [6.45, 7) is 6.48. The summed E-state index contributed by atoms with van der Waals surface area (Å²) in [6.07, 6.45) is -0.643. The van der Waals surface area contributed by atoms with Crippen molar-refractivity contribution in [2.24, 2.45) is 0 Å². The van der Waals surface area contributed by atoms with Gasteiger partial charge in [-0.15, -0.1) is 0 Å². The third kappa shape index (κ3) is 2.33. The molecule has 0 aliphatic carbocycles. The molecule has 3 atom stereocenters. The standard InChI is InChI=1S/C16H18N4O3S/c1-8-4-9(2)14(10(3)5-8)20-16(24)19(17-18-20)11-6-12(21)15-22-7-13(11)23-15/h4-5,11,13,15H,6-7H2,1-3H3/t11-,13-,15-/m1/s1. The summed E-state index contributed by atoms with van der Waals surface area (Å²) in [5.74, 6) is -0.0760. The molecule has 0 N–H and O–H groups in total. The number of ether oxygens (including phenoxy) is 2. The average molecular weight is 346 g/mol. The Hall–Kier alpha value is -1.90. The smallest absolute Gasteiger partial charge is 0.221 e. The van der Waals surface area contributed by atoms with E-state index in [0.29, 0.717) is 17.8 Å². The molecular weight excluding hydrogens is 328 g/mol. The molecule has 24 heavy (non-hydrogen) atoms. The maximum Gasteiger partial charge on any atom is 0.221 e. The SMILES string of the molecule is Cc1cc(C)c(-n2nnn([C@@H]3CC(=O)[C@@H]4OC[C@H]3O4)c2=S)c(C)c1. The molecule has 7 nitrogen and oxygen atoms in total. The number of aryl methyl sites for hydroxylation is 3. The highest BCUT2D eigenvalue weighted by Gasteiger charge is 2.45. The van der Waals surface area contributed by atoms with Crippen molar-refractivity contribution >= 4 is 18.0 Å². The van der Waals surface area contributed by atoms with Gasteiger partial charge in [-0.1, -0.05) is 17.7 Å². The molecule has 2 aromatic rings. The van der Waals surface area contributed by atoms with Crippen molar-refractivity contribution in [1.82, 2.24) is 19.8 Å². The van der Waals surface area contributed by atoms with Crippen LogP contribution in [0.25, 0.3) is 5.69 Å².